The zero-order valence-electron chi connectivity index (χ0n) is 8.09. The summed E-state index contributed by atoms with van der Waals surface area (Å²) in [5.74, 6) is -0.648. The first-order chi connectivity index (χ1) is 7.54. The predicted molar refractivity (Wildman–Crippen MR) is 62.2 cm³/mol. The van der Waals surface area contributed by atoms with Crippen molar-refractivity contribution in [3.05, 3.63) is 39.4 Å². The van der Waals surface area contributed by atoms with Crippen LogP contribution in [0.2, 0.25) is 10.0 Å². The average molecular weight is 256 g/mol. The molecule has 1 aliphatic heterocycles. The van der Waals surface area contributed by atoms with Crippen LogP contribution in [0.25, 0.3) is 6.08 Å². The predicted octanol–water partition coefficient (Wildman–Crippen LogP) is 2.42. The SMILES string of the molecule is O=C1CC(=Cc2cc(Cl)cc(Cl)c2)C(=O)N1. The largest absolute Gasteiger partial charge is 0.292 e. The number of rotatable bonds is 1. The molecule has 1 aromatic carbocycles. The van der Waals surface area contributed by atoms with Gasteiger partial charge in [-0.05, 0) is 29.8 Å². The van der Waals surface area contributed by atoms with E-state index in [9.17, 15) is 9.59 Å². The molecule has 5 heteroatoms. The fraction of sp³-hybridized carbons (Fsp3) is 0.0909. The number of imide groups is 1. The number of nitrogens with one attached hydrogen (secondary N) is 1. The molecule has 0 aromatic heterocycles. The number of halogens is 2. The average Bonchev–Trinajstić information content (AvgIpc) is 2.43. The number of carbonyl (C=O) groups is 2. The van der Waals surface area contributed by atoms with Crippen molar-refractivity contribution < 1.29 is 9.59 Å². The van der Waals surface area contributed by atoms with Crippen molar-refractivity contribution in [2.75, 3.05) is 0 Å². The summed E-state index contributed by atoms with van der Waals surface area (Å²) in [5, 5.41) is 3.18. The van der Waals surface area contributed by atoms with E-state index in [1.165, 1.54) is 0 Å². The highest BCUT2D eigenvalue weighted by Gasteiger charge is 2.23. The second kappa shape index (κ2) is 4.28. The molecular weight excluding hydrogens is 249 g/mol. The zero-order valence-corrected chi connectivity index (χ0v) is 9.60. The monoisotopic (exact) mass is 255 g/mol. The summed E-state index contributed by atoms with van der Waals surface area (Å²) < 4.78 is 0. The smallest absolute Gasteiger partial charge is 0.254 e. The normalized spacial score (nSPS) is 18.0. The molecule has 0 radical (unpaired) electrons. The lowest BCUT2D eigenvalue weighted by Gasteiger charge is -1.98. The molecule has 0 saturated carbocycles. The molecule has 0 atom stereocenters. The van der Waals surface area contributed by atoms with E-state index >= 15 is 0 Å². The van der Waals surface area contributed by atoms with Gasteiger partial charge in [-0.3, -0.25) is 14.9 Å². The Morgan fingerprint density at radius 2 is 1.75 bits per heavy atom. The maximum absolute atomic E-state index is 11.3. The molecule has 3 nitrogen and oxygen atoms in total. The van der Waals surface area contributed by atoms with Crippen molar-refractivity contribution in [1.82, 2.24) is 5.32 Å². The number of carbonyl (C=O) groups excluding carboxylic acids is 2. The van der Waals surface area contributed by atoms with E-state index in [2.05, 4.69) is 5.32 Å². The van der Waals surface area contributed by atoms with Gasteiger partial charge in [-0.1, -0.05) is 23.2 Å². The van der Waals surface area contributed by atoms with Gasteiger partial charge in [-0.2, -0.15) is 0 Å². The van der Waals surface area contributed by atoms with Crippen molar-refractivity contribution in [2.45, 2.75) is 6.42 Å². The van der Waals surface area contributed by atoms with E-state index in [1.807, 2.05) is 0 Å². The highest BCUT2D eigenvalue weighted by atomic mass is 35.5. The molecule has 1 aliphatic rings. The van der Waals surface area contributed by atoms with Crippen LogP contribution in [0.3, 0.4) is 0 Å². The Morgan fingerprint density at radius 1 is 1.12 bits per heavy atom. The maximum atomic E-state index is 11.3. The number of hydrogen-bond acceptors (Lipinski definition) is 2. The molecule has 1 heterocycles. The summed E-state index contributed by atoms with van der Waals surface area (Å²) >= 11 is 11.6. The van der Waals surface area contributed by atoms with Crippen LogP contribution in [0.5, 0.6) is 0 Å². The van der Waals surface area contributed by atoms with Crippen molar-refractivity contribution in [3.8, 4) is 0 Å². The van der Waals surface area contributed by atoms with Gasteiger partial charge < -0.3 is 0 Å². The Balaban J connectivity index is 2.36. The Hall–Kier alpha value is -1.32. The van der Waals surface area contributed by atoms with Gasteiger partial charge >= 0.3 is 0 Å². The fourth-order valence-electron chi connectivity index (χ4n) is 1.48. The Bertz CT molecular complexity index is 488. The first kappa shape index (κ1) is 11.2. The Morgan fingerprint density at radius 3 is 2.25 bits per heavy atom. The third kappa shape index (κ3) is 2.43. The standard InChI is InChI=1S/C11H7Cl2NO2/c12-8-2-6(3-9(13)5-8)1-7-4-10(15)14-11(7)16/h1-3,5H,4H2,(H,14,15,16). The van der Waals surface area contributed by atoms with Crippen molar-refractivity contribution >= 4 is 41.1 Å². The topological polar surface area (TPSA) is 46.2 Å². The minimum Gasteiger partial charge on any atom is -0.292 e. The highest BCUT2D eigenvalue weighted by molar-refractivity contribution is 6.34. The number of benzene rings is 1. The molecule has 82 valence electrons. The molecule has 1 N–H and O–H groups in total. The minimum absolute atomic E-state index is 0.100. The first-order valence-electron chi connectivity index (χ1n) is 4.55. The van der Waals surface area contributed by atoms with Crippen LogP contribution in [0, 0.1) is 0 Å². The van der Waals surface area contributed by atoms with Crippen molar-refractivity contribution in [2.24, 2.45) is 0 Å². The van der Waals surface area contributed by atoms with Crippen molar-refractivity contribution in [1.29, 1.82) is 0 Å². The molecule has 0 spiro atoms. The van der Waals surface area contributed by atoms with Crippen LogP contribution < -0.4 is 5.32 Å². The van der Waals surface area contributed by atoms with Crippen LogP contribution in [0.1, 0.15) is 12.0 Å². The van der Waals surface area contributed by atoms with Crippen LogP contribution in [0.4, 0.5) is 0 Å². The lowest BCUT2D eigenvalue weighted by molar-refractivity contribution is -0.124. The molecule has 0 bridgehead atoms. The zero-order chi connectivity index (χ0) is 11.7. The van der Waals surface area contributed by atoms with Crippen molar-refractivity contribution in [3.63, 3.8) is 0 Å². The molecule has 2 rings (SSSR count). The molecule has 16 heavy (non-hydrogen) atoms. The molecular formula is C11H7Cl2NO2. The highest BCUT2D eigenvalue weighted by Crippen LogP contribution is 2.22. The quantitative estimate of drug-likeness (QED) is 0.619. The van der Waals surface area contributed by atoms with E-state index in [4.69, 9.17) is 23.2 Å². The second-order valence-electron chi connectivity index (χ2n) is 3.43. The second-order valence-corrected chi connectivity index (χ2v) is 4.30. The number of amides is 2. The van der Waals surface area contributed by atoms with Gasteiger partial charge in [0.2, 0.25) is 5.91 Å². The van der Waals surface area contributed by atoms with Gasteiger partial charge in [0.05, 0.1) is 6.42 Å². The van der Waals surface area contributed by atoms with E-state index in [0.29, 0.717) is 21.2 Å². The first-order valence-corrected chi connectivity index (χ1v) is 5.31. The molecule has 1 saturated heterocycles. The van der Waals surface area contributed by atoms with E-state index < -0.39 is 0 Å². The van der Waals surface area contributed by atoms with Crippen LogP contribution >= 0.6 is 23.2 Å². The summed E-state index contributed by atoms with van der Waals surface area (Å²) in [6, 6.07) is 4.96. The Kier molecular flexibility index (Phi) is 2.99. The summed E-state index contributed by atoms with van der Waals surface area (Å²) in [6.07, 6.45) is 1.71. The van der Waals surface area contributed by atoms with E-state index in [-0.39, 0.29) is 18.2 Å². The van der Waals surface area contributed by atoms with Gasteiger partial charge in [0.15, 0.2) is 0 Å². The van der Waals surface area contributed by atoms with Crippen LogP contribution in [0.15, 0.2) is 23.8 Å². The molecule has 0 aliphatic carbocycles. The third-order valence-corrected chi connectivity index (χ3v) is 2.56. The third-order valence-electron chi connectivity index (χ3n) is 2.12. The number of hydrogen-bond donors (Lipinski definition) is 1. The van der Waals surface area contributed by atoms with Gasteiger partial charge in [-0.25, -0.2) is 0 Å². The lowest BCUT2D eigenvalue weighted by atomic mass is 10.1. The lowest BCUT2D eigenvalue weighted by Crippen LogP contribution is -2.19. The minimum atomic E-state index is -0.360. The van der Waals surface area contributed by atoms with E-state index in [0.717, 1.165) is 0 Å². The van der Waals surface area contributed by atoms with Crippen LogP contribution in [-0.2, 0) is 9.59 Å². The van der Waals surface area contributed by atoms with Gasteiger partial charge in [0, 0.05) is 15.6 Å². The molecule has 1 fully saturated rings. The van der Waals surface area contributed by atoms with Gasteiger partial charge in [-0.15, -0.1) is 0 Å². The summed E-state index contributed by atoms with van der Waals surface area (Å²) in [6.45, 7) is 0. The fourth-order valence-corrected chi connectivity index (χ4v) is 2.02. The molecule has 2 amide bonds. The summed E-state index contributed by atoms with van der Waals surface area (Å²) in [7, 11) is 0. The maximum Gasteiger partial charge on any atom is 0.254 e. The summed E-state index contributed by atoms with van der Waals surface area (Å²) in [4.78, 5) is 22.3. The summed E-state index contributed by atoms with van der Waals surface area (Å²) in [5.41, 5.74) is 1.13. The van der Waals surface area contributed by atoms with Gasteiger partial charge in [0.1, 0.15) is 0 Å². The molecule has 1 aromatic rings. The van der Waals surface area contributed by atoms with Gasteiger partial charge in [0.25, 0.3) is 5.91 Å². The van der Waals surface area contributed by atoms with E-state index in [1.54, 1.807) is 24.3 Å². The molecule has 0 unspecified atom stereocenters. The van der Waals surface area contributed by atoms with Crippen LogP contribution in [-0.4, -0.2) is 11.8 Å². The Labute approximate surface area is 102 Å².